The maximum Gasteiger partial charge on any atom is 0.410 e. The van der Waals surface area contributed by atoms with Gasteiger partial charge in [0.2, 0.25) is 0 Å². The van der Waals surface area contributed by atoms with E-state index < -0.39 is 5.60 Å². The average Bonchev–Trinajstić information content (AvgIpc) is 2.01. The molecule has 1 aliphatic heterocycles. The van der Waals surface area contributed by atoms with E-state index in [4.69, 9.17) is 4.74 Å². The summed E-state index contributed by atoms with van der Waals surface area (Å²) in [7, 11) is 0. The SMILES string of the molecule is CC(C)(C)OC(=O)N1CCC[C@H](S)C1. The zero-order valence-electron chi connectivity index (χ0n) is 9.12. The fourth-order valence-electron chi connectivity index (χ4n) is 1.45. The number of nitrogens with zero attached hydrogens (tertiary/aromatic N) is 1. The second-order valence-electron chi connectivity index (χ2n) is 4.72. The van der Waals surface area contributed by atoms with E-state index in [9.17, 15) is 4.79 Å². The Morgan fingerprint density at radius 2 is 2.14 bits per heavy atom. The molecule has 0 unspecified atom stereocenters. The van der Waals surface area contributed by atoms with Crippen LogP contribution in [0.2, 0.25) is 0 Å². The predicted octanol–water partition coefficient (Wildman–Crippen LogP) is 2.32. The Hall–Kier alpha value is -0.380. The molecule has 0 radical (unpaired) electrons. The highest BCUT2D eigenvalue weighted by Crippen LogP contribution is 2.17. The first-order valence-electron chi connectivity index (χ1n) is 5.04. The van der Waals surface area contributed by atoms with Crippen LogP contribution in [0.25, 0.3) is 0 Å². The number of carbonyl (C=O) groups is 1. The van der Waals surface area contributed by atoms with Gasteiger partial charge in [-0.05, 0) is 33.6 Å². The molecule has 1 rings (SSSR count). The van der Waals surface area contributed by atoms with Gasteiger partial charge < -0.3 is 9.64 Å². The molecule has 1 heterocycles. The molecule has 82 valence electrons. The fraction of sp³-hybridized carbons (Fsp3) is 0.900. The first kappa shape index (κ1) is 11.7. The third-order valence-corrected chi connectivity index (χ3v) is 2.47. The largest absolute Gasteiger partial charge is 0.444 e. The lowest BCUT2D eigenvalue weighted by molar-refractivity contribution is 0.0221. The number of hydrogen-bond donors (Lipinski definition) is 1. The van der Waals surface area contributed by atoms with Crippen LogP contribution < -0.4 is 0 Å². The van der Waals surface area contributed by atoms with E-state index >= 15 is 0 Å². The molecule has 14 heavy (non-hydrogen) atoms. The van der Waals surface area contributed by atoms with E-state index in [0.29, 0.717) is 11.8 Å². The zero-order valence-corrected chi connectivity index (χ0v) is 10.0. The van der Waals surface area contributed by atoms with Crippen LogP contribution in [0.15, 0.2) is 0 Å². The molecular weight excluding hydrogens is 198 g/mol. The van der Waals surface area contributed by atoms with Crippen LogP contribution in [0.1, 0.15) is 33.6 Å². The van der Waals surface area contributed by atoms with Gasteiger partial charge in [-0.2, -0.15) is 12.6 Å². The summed E-state index contributed by atoms with van der Waals surface area (Å²) >= 11 is 4.38. The summed E-state index contributed by atoms with van der Waals surface area (Å²) in [4.78, 5) is 13.4. The van der Waals surface area contributed by atoms with Crippen LogP contribution in [0.5, 0.6) is 0 Å². The van der Waals surface area contributed by atoms with E-state index in [1.54, 1.807) is 4.90 Å². The standard InChI is InChI=1S/C10H19NO2S/c1-10(2,3)13-9(12)11-6-4-5-8(14)7-11/h8,14H,4-7H2,1-3H3/t8-/m0/s1. The van der Waals surface area contributed by atoms with Crippen molar-refractivity contribution < 1.29 is 9.53 Å². The number of piperidine rings is 1. The van der Waals surface area contributed by atoms with Crippen LogP contribution >= 0.6 is 12.6 Å². The second-order valence-corrected chi connectivity index (χ2v) is 5.45. The van der Waals surface area contributed by atoms with E-state index in [-0.39, 0.29) is 6.09 Å². The van der Waals surface area contributed by atoms with Gasteiger partial charge in [-0.3, -0.25) is 0 Å². The molecule has 0 saturated carbocycles. The van der Waals surface area contributed by atoms with Gasteiger partial charge >= 0.3 is 6.09 Å². The normalized spacial score (nSPS) is 23.4. The lowest BCUT2D eigenvalue weighted by Crippen LogP contribution is -2.43. The Labute approximate surface area is 91.2 Å². The lowest BCUT2D eigenvalue weighted by Gasteiger charge is -2.32. The Bertz CT molecular complexity index is 213. The summed E-state index contributed by atoms with van der Waals surface area (Å²) in [6, 6.07) is 0. The number of likely N-dealkylation sites (tertiary alicyclic amines) is 1. The molecule has 1 amide bonds. The van der Waals surface area contributed by atoms with E-state index in [0.717, 1.165) is 19.4 Å². The number of thiol groups is 1. The van der Waals surface area contributed by atoms with Crippen LogP contribution in [-0.4, -0.2) is 34.9 Å². The highest BCUT2D eigenvalue weighted by atomic mass is 32.1. The van der Waals surface area contributed by atoms with Crippen molar-refractivity contribution in [1.29, 1.82) is 0 Å². The smallest absolute Gasteiger partial charge is 0.410 e. The Kier molecular flexibility index (Phi) is 3.70. The van der Waals surface area contributed by atoms with Gasteiger partial charge in [-0.1, -0.05) is 0 Å². The summed E-state index contributed by atoms with van der Waals surface area (Å²) in [5, 5.41) is 0.302. The zero-order chi connectivity index (χ0) is 10.8. The Morgan fingerprint density at radius 1 is 1.50 bits per heavy atom. The Morgan fingerprint density at radius 3 is 2.64 bits per heavy atom. The van der Waals surface area contributed by atoms with Crippen molar-refractivity contribution in [1.82, 2.24) is 4.90 Å². The minimum absolute atomic E-state index is 0.212. The van der Waals surface area contributed by atoms with Crippen molar-refractivity contribution in [3.63, 3.8) is 0 Å². The topological polar surface area (TPSA) is 29.5 Å². The fourth-order valence-corrected chi connectivity index (χ4v) is 1.83. The molecule has 1 aliphatic rings. The summed E-state index contributed by atoms with van der Waals surface area (Å²) in [6.07, 6.45) is 1.90. The highest BCUT2D eigenvalue weighted by molar-refractivity contribution is 7.81. The van der Waals surface area contributed by atoms with Gasteiger partial charge in [0.1, 0.15) is 5.60 Å². The number of rotatable bonds is 0. The van der Waals surface area contributed by atoms with Crippen LogP contribution in [0, 0.1) is 0 Å². The molecule has 0 spiro atoms. The summed E-state index contributed by atoms with van der Waals surface area (Å²) in [5.74, 6) is 0. The first-order chi connectivity index (χ1) is 6.38. The van der Waals surface area contributed by atoms with E-state index in [2.05, 4.69) is 12.6 Å². The minimum Gasteiger partial charge on any atom is -0.444 e. The monoisotopic (exact) mass is 217 g/mol. The van der Waals surface area contributed by atoms with Crippen molar-refractivity contribution in [2.24, 2.45) is 0 Å². The van der Waals surface area contributed by atoms with Gasteiger partial charge in [0.05, 0.1) is 0 Å². The van der Waals surface area contributed by atoms with Crippen molar-refractivity contribution in [2.45, 2.75) is 44.5 Å². The number of hydrogen-bond acceptors (Lipinski definition) is 3. The molecule has 0 bridgehead atoms. The molecule has 1 saturated heterocycles. The molecule has 3 nitrogen and oxygen atoms in total. The van der Waals surface area contributed by atoms with Gasteiger partial charge in [0.25, 0.3) is 0 Å². The van der Waals surface area contributed by atoms with Gasteiger partial charge in [-0.15, -0.1) is 0 Å². The van der Waals surface area contributed by atoms with Crippen molar-refractivity contribution in [3.8, 4) is 0 Å². The molecular formula is C10H19NO2S. The van der Waals surface area contributed by atoms with Crippen LogP contribution in [0.4, 0.5) is 4.79 Å². The van der Waals surface area contributed by atoms with Crippen LogP contribution in [0.3, 0.4) is 0 Å². The van der Waals surface area contributed by atoms with Crippen LogP contribution in [-0.2, 0) is 4.74 Å². The first-order valence-corrected chi connectivity index (χ1v) is 5.56. The molecule has 0 aliphatic carbocycles. The van der Waals surface area contributed by atoms with Gasteiger partial charge in [-0.25, -0.2) is 4.79 Å². The molecule has 0 aromatic rings. The number of amides is 1. The highest BCUT2D eigenvalue weighted by Gasteiger charge is 2.25. The molecule has 1 fully saturated rings. The van der Waals surface area contributed by atoms with E-state index in [1.807, 2.05) is 20.8 Å². The lowest BCUT2D eigenvalue weighted by atomic mass is 10.1. The van der Waals surface area contributed by atoms with Crippen molar-refractivity contribution in [2.75, 3.05) is 13.1 Å². The molecule has 0 N–H and O–H groups in total. The summed E-state index contributed by atoms with van der Waals surface area (Å²) < 4.78 is 5.28. The summed E-state index contributed by atoms with van der Waals surface area (Å²) in [6.45, 7) is 7.15. The predicted molar refractivity (Wildman–Crippen MR) is 59.8 cm³/mol. The van der Waals surface area contributed by atoms with Crippen molar-refractivity contribution in [3.05, 3.63) is 0 Å². The number of carbonyl (C=O) groups excluding carboxylic acids is 1. The Balaban J connectivity index is 2.44. The maximum absolute atomic E-state index is 11.6. The third kappa shape index (κ3) is 3.78. The molecule has 1 atom stereocenters. The second kappa shape index (κ2) is 4.43. The van der Waals surface area contributed by atoms with E-state index in [1.165, 1.54) is 0 Å². The quantitative estimate of drug-likeness (QED) is 0.631. The average molecular weight is 217 g/mol. The number of ether oxygens (including phenoxy) is 1. The third-order valence-electron chi connectivity index (χ3n) is 2.05. The molecule has 0 aromatic carbocycles. The van der Waals surface area contributed by atoms with Crippen molar-refractivity contribution >= 4 is 18.7 Å². The molecule has 0 aromatic heterocycles. The maximum atomic E-state index is 11.6. The summed E-state index contributed by atoms with van der Waals surface area (Å²) in [5.41, 5.74) is -0.402. The van der Waals surface area contributed by atoms with Gasteiger partial charge in [0.15, 0.2) is 0 Å². The molecule has 4 heteroatoms. The van der Waals surface area contributed by atoms with Gasteiger partial charge in [0, 0.05) is 18.3 Å². The minimum atomic E-state index is -0.402.